The van der Waals surface area contributed by atoms with Crippen LogP contribution in [0.15, 0.2) is 47.8 Å². The summed E-state index contributed by atoms with van der Waals surface area (Å²) in [7, 11) is 0. The lowest BCUT2D eigenvalue weighted by atomic mass is 10.0. The Bertz CT molecular complexity index is 1010. The molecule has 0 bridgehead atoms. The SMILES string of the molecule is CCOC(=O)c1c(-c2ccc(C)cc2)csc1NC(=O)c1c(F)cccc1F. The Labute approximate surface area is 164 Å². The zero-order valence-electron chi connectivity index (χ0n) is 15.2. The van der Waals surface area contributed by atoms with Gasteiger partial charge in [-0.25, -0.2) is 13.6 Å². The van der Waals surface area contributed by atoms with E-state index in [1.54, 1.807) is 12.3 Å². The van der Waals surface area contributed by atoms with Crippen LogP contribution >= 0.6 is 11.3 Å². The molecule has 1 amide bonds. The molecular formula is C21H17F2NO3S. The maximum atomic E-state index is 13.9. The summed E-state index contributed by atoms with van der Waals surface area (Å²) in [6.45, 7) is 3.76. The highest BCUT2D eigenvalue weighted by atomic mass is 32.1. The zero-order chi connectivity index (χ0) is 20.3. The summed E-state index contributed by atoms with van der Waals surface area (Å²) in [5, 5.41) is 4.31. The van der Waals surface area contributed by atoms with Crippen LogP contribution in [-0.4, -0.2) is 18.5 Å². The highest BCUT2D eigenvalue weighted by molar-refractivity contribution is 7.15. The number of amides is 1. The summed E-state index contributed by atoms with van der Waals surface area (Å²) in [6, 6.07) is 10.7. The maximum absolute atomic E-state index is 13.9. The lowest BCUT2D eigenvalue weighted by Gasteiger charge is -2.10. The van der Waals surface area contributed by atoms with Gasteiger partial charge >= 0.3 is 5.97 Å². The number of ether oxygens (including phenoxy) is 1. The van der Waals surface area contributed by atoms with Gasteiger partial charge in [-0.1, -0.05) is 35.9 Å². The van der Waals surface area contributed by atoms with Crippen LogP contribution in [0.25, 0.3) is 11.1 Å². The third kappa shape index (κ3) is 3.94. The molecule has 0 saturated carbocycles. The van der Waals surface area contributed by atoms with E-state index in [1.807, 2.05) is 31.2 Å². The summed E-state index contributed by atoms with van der Waals surface area (Å²) < 4.78 is 32.9. The number of rotatable bonds is 5. The smallest absolute Gasteiger partial charge is 0.341 e. The van der Waals surface area contributed by atoms with Gasteiger partial charge in [-0.05, 0) is 31.5 Å². The fourth-order valence-corrected chi connectivity index (χ4v) is 3.63. The van der Waals surface area contributed by atoms with Crippen molar-refractivity contribution >= 4 is 28.2 Å². The van der Waals surface area contributed by atoms with Crippen molar-refractivity contribution in [3.63, 3.8) is 0 Å². The highest BCUT2D eigenvalue weighted by Crippen LogP contribution is 2.36. The van der Waals surface area contributed by atoms with Gasteiger partial charge in [-0.3, -0.25) is 4.79 Å². The Morgan fingerprint density at radius 2 is 1.68 bits per heavy atom. The third-order valence-corrected chi connectivity index (χ3v) is 4.95. The fourth-order valence-electron chi connectivity index (χ4n) is 2.68. The number of halogens is 2. The van der Waals surface area contributed by atoms with Crippen molar-refractivity contribution < 1.29 is 23.1 Å². The van der Waals surface area contributed by atoms with Gasteiger partial charge in [-0.2, -0.15) is 0 Å². The van der Waals surface area contributed by atoms with Crippen molar-refractivity contribution in [2.75, 3.05) is 11.9 Å². The van der Waals surface area contributed by atoms with Crippen LogP contribution in [0.4, 0.5) is 13.8 Å². The number of nitrogens with one attached hydrogen (secondary N) is 1. The molecule has 0 aliphatic rings. The number of hydrogen-bond donors (Lipinski definition) is 1. The van der Waals surface area contributed by atoms with Crippen LogP contribution in [0.2, 0.25) is 0 Å². The predicted octanol–water partition coefficient (Wildman–Crippen LogP) is 5.43. The number of anilines is 1. The summed E-state index contributed by atoms with van der Waals surface area (Å²) in [5.41, 5.74) is 1.85. The van der Waals surface area contributed by atoms with E-state index in [-0.39, 0.29) is 17.2 Å². The van der Waals surface area contributed by atoms with Gasteiger partial charge in [0.25, 0.3) is 5.91 Å². The standard InChI is InChI=1S/C21H17F2NO3S/c1-3-27-21(26)17-14(13-9-7-12(2)8-10-13)11-28-20(17)24-19(25)18-15(22)5-4-6-16(18)23/h4-11H,3H2,1-2H3,(H,24,25). The lowest BCUT2D eigenvalue weighted by molar-refractivity contribution is 0.0529. The summed E-state index contributed by atoms with van der Waals surface area (Å²) in [6.07, 6.45) is 0. The molecule has 1 aromatic heterocycles. The third-order valence-electron chi connectivity index (χ3n) is 4.05. The van der Waals surface area contributed by atoms with E-state index >= 15 is 0 Å². The average Bonchev–Trinajstić information content (AvgIpc) is 3.06. The number of carbonyl (C=O) groups excluding carboxylic acids is 2. The largest absolute Gasteiger partial charge is 0.462 e. The molecule has 0 aliphatic heterocycles. The predicted molar refractivity (Wildman–Crippen MR) is 105 cm³/mol. The molecule has 1 heterocycles. The molecule has 0 fully saturated rings. The van der Waals surface area contributed by atoms with E-state index in [0.29, 0.717) is 5.56 Å². The normalized spacial score (nSPS) is 10.6. The van der Waals surface area contributed by atoms with E-state index in [1.165, 1.54) is 6.07 Å². The Morgan fingerprint density at radius 3 is 2.29 bits per heavy atom. The molecule has 28 heavy (non-hydrogen) atoms. The zero-order valence-corrected chi connectivity index (χ0v) is 16.0. The van der Waals surface area contributed by atoms with E-state index in [9.17, 15) is 18.4 Å². The van der Waals surface area contributed by atoms with E-state index in [0.717, 1.165) is 34.6 Å². The van der Waals surface area contributed by atoms with Gasteiger partial charge < -0.3 is 10.1 Å². The quantitative estimate of drug-likeness (QED) is 0.580. The van der Waals surface area contributed by atoms with Crippen LogP contribution in [0.5, 0.6) is 0 Å². The van der Waals surface area contributed by atoms with E-state index in [4.69, 9.17) is 4.74 Å². The second-order valence-electron chi connectivity index (χ2n) is 5.99. The molecule has 4 nitrogen and oxygen atoms in total. The lowest BCUT2D eigenvalue weighted by Crippen LogP contribution is -2.17. The first-order valence-electron chi connectivity index (χ1n) is 8.53. The second-order valence-corrected chi connectivity index (χ2v) is 6.87. The first-order chi connectivity index (χ1) is 13.4. The molecule has 7 heteroatoms. The number of hydrogen-bond acceptors (Lipinski definition) is 4. The molecule has 0 saturated heterocycles. The Balaban J connectivity index is 2.02. The van der Waals surface area contributed by atoms with E-state index in [2.05, 4.69) is 5.32 Å². The van der Waals surface area contributed by atoms with Crippen LogP contribution in [0.3, 0.4) is 0 Å². The maximum Gasteiger partial charge on any atom is 0.341 e. The summed E-state index contributed by atoms with van der Waals surface area (Å²) in [4.78, 5) is 25.0. The Kier molecular flexibility index (Phi) is 5.84. The first kappa shape index (κ1) is 19.7. The van der Waals surface area contributed by atoms with Gasteiger partial charge in [0.05, 0.1) is 6.61 Å². The van der Waals surface area contributed by atoms with Crippen molar-refractivity contribution in [3.05, 3.63) is 76.2 Å². The van der Waals surface area contributed by atoms with Gasteiger partial charge in [0.2, 0.25) is 0 Å². The van der Waals surface area contributed by atoms with Crippen molar-refractivity contribution in [3.8, 4) is 11.1 Å². The second kappa shape index (κ2) is 8.31. The number of benzene rings is 2. The number of aryl methyl sites for hydroxylation is 1. The minimum absolute atomic E-state index is 0.150. The number of esters is 1. The van der Waals surface area contributed by atoms with Crippen molar-refractivity contribution in [2.24, 2.45) is 0 Å². The molecule has 0 unspecified atom stereocenters. The van der Waals surface area contributed by atoms with Gasteiger partial charge in [0.15, 0.2) is 0 Å². The summed E-state index contributed by atoms with van der Waals surface area (Å²) in [5.74, 6) is -3.56. The Morgan fingerprint density at radius 1 is 1.04 bits per heavy atom. The van der Waals surface area contributed by atoms with Crippen molar-refractivity contribution in [2.45, 2.75) is 13.8 Å². The molecule has 3 aromatic rings. The van der Waals surface area contributed by atoms with Crippen molar-refractivity contribution in [1.82, 2.24) is 0 Å². The van der Waals surface area contributed by atoms with Gasteiger partial charge in [0.1, 0.15) is 27.8 Å². The van der Waals surface area contributed by atoms with Gasteiger partial charge in [0, 0.05) is 10.9 Å². The van der Waals surface area contributed by atoms with Crippen LogP contribution < -0.4 is 5.32 Å². The number of carbonyl (C=O) groups is 2. The van der Waals surface area contributed by atoms with E-state index < -0.39 is 29.1 Å². The molecular weight excluding hydrogens is 384 g/mol. The minimum atomic E-state index is -0.981. The Hall–Kier alpha value is -3.06. The van der Waals surface area contributed by atoms with Crippen molar-refractivity contribution in [1.29, 1.82) is 0 Å². The summed E-state index contributed by atoms with van der Waals surface area (Å²) >= 11 is 1.09. The molecule has 0 aliphatic carbocycles. The van der Waals surface area contributed by atoms with Gasteiger partial charge in [-0.15, -0.1) is 11.3 Å². The monoisotopic (exact) mass is 401 g/mol. The van der Waals surface area contributed by atoms with Crippen LogP contribution in [-0.2, 0) is 4.74 Å². The topological polar surface area (TPSA) is 55.4 Å². The molecule has 0 spiro atoms. The molecule has 0 radical (unpaired) electrons. The average molecular weight is 401 g/mol. The van der Waals surface area contributed by atoms with Crippen LogP contribution in [0, 0.1) is 18.6 Å². The number of thiophene rings is 1. The molecule has 2 aromatic carbocycles. The van der Waals surface area contributed by atoms with Crippen LogP contribution in [0.1, 0.15) is 33.2 Å². The molecule has 144 valence electrons. The fraction of sp³-hybridized carbons (Fsp3) is 0.143. The first-order valence-corrected chi connectivity index (χ1v) is 9.41. The molecule has 1 N–H and O–H groups in total. The minimum Gasteiger partial charge on any atom is -0.462 e. The molecule has 3 rings (SSSR count). The molecule has 0 atom stereocenters. The highest BCUT2D eigenvalue weighted by Gasteiger charge is 2.25.